The summed E-state index contributed by atoms with van der Waals surface area (Å²) in [6.45, 7) is 6.50. The van der Waals surface area contributed by atoms with Crippen LogP contribution in [0.3, 0.4) is 0 Å². The molecular formula is C24H28ClN7O. The second kappa shape index (κ2) is 8.78. The van der Waals surface area contributed by atoms with Crippen molar-refractivity contribution in [2.24, 2.45) is 7.05 Å². The predicted octanol–water partition coefficient (Wildman–Crippen LogP) is 4.12. The van der Waals surface area contributed by atoms with Crippen LogP contribution in [0.1, 0.15) is 29.8 Å². The number of anilines is 2. The molecular weight excluding hydrogens is 438 g/mol. The molecule has 0 amide bonds. The van der Waals surface area contributed by atoms with E-state index in [1.807, 2.05) is 51.4 Å². The maximum Gasteiger partial charge on any atom is 0.229 e. The molecule has 172 valence electrons. The van der Waals surface area contributed by atoms with Crippen molar-refractivity contribution in [3.8, 4) is 5.82 Å². The van der Waals surface area contributed by atoms with Gasteiger partial charge in [-0.25, -0.2) is 9.67 Å². The van der Waals surface area contributed by atoms with Crippen LogP contribution in [-0.4, -0.2) is 53.5 Å². The van der Waals surface area contributed by atoms with Gasteiger partial charge in [0.15, 0.2) is 5.82 Å². The van der Waals surface area contributed by atoms with Crippen LogP contribution in [0.4, 0.5) is 11.6 Å². The Morgan fingerprint density at radius 1 is 1.24 bits per heavy atom. The number of aryl methyl sites for hydroxylation is 2. The lowest BCUT2D eigenvalue weighted by Gasteiger charge is -2.29. The summed E-state index contributed by atoms with van der Waals surface area (Å²) >= 11 is 6.51. The monoisotopic (exact) mass is 465 g/mol. The highest BCUT2D eigenvalue weighted by atomic mass is 35.5. The molecule has 0 aliphatic carbocycles. The number of hydrogen-bond acceptors (Lipinski definition) is 6. The molecule has 4 heterocycles. The number of nitrogens with zero attached hydrogens (tertiary/aromatic N) is 6. The molecule has 1 aliphatic heterocycles. The Hall–Kier alpha value is -2.94. The number of piperidine rings is 1. The van der Waals surface area contributed by atoms with Crippen molar-refractivity contribution in [1.29, 1.82) is 0 Å². The van der Waals surface area contributed by atoms with Crippen molar-refractivity contribution >= 4 is 34.1 Å². The highest BCUT2D eigenvalue weighted by Crippen LogP contribution is 2.32. The number of β-amino-alcohol motifs (C(OH)–C–C–N with tert-alkyl or cyclic N) is 1. The van der Waals surface area contributed by atoms with E-state index in [0.29, 0.717) is 18.3 Å². The van der Waals surface area contributed by atoms with Gasteiger partial charge in [0.2, 0.25) is 5.95 Å². The van der Waals surface area contributed by atoms with E-state index in [-0.39, 0.29) is 6.10 Å². The Morgan fingerprint density at radius 3 is 2.91 bits per heavy atom. The molecule has 1 fully saturated rings. The number of hydrogen-bond donors (Lipinski definition) is 2. The molecule has 9 heteroatoms. The minimum Gasteiger partial charge on any atom is -0.392 e. The number of benzene rings is 1. The summed E-state index contributed by atoms with van der Waals surface area (Å²) in [7, 11) is 2.01. The van der Waals surface area contributed by atoms with E-state index >= 15 is 0 Å². The second-order valence-corrected chi connectivity index (χ2v) is 9.15. The molecule has 3 aromatic heterocycles. The quantitative estimate of drug-likeness (QED) is 0.461. The van der Waals surface area contributed by atoms with Gasteiger partial charge in [0, 0.05) is 66.4 Å². The summed E-state index contributed by atoms with van der Waals surface area (Å²) < 4.78 is 3.87. The van der Waals surface area contributed by atoms with Gasteiger partial charge >= 0.3 is 0 Å². The van der Waals surface area contributed by atoms with Crippen molar-refractivity contribution in [2.75, 3.05) is 18.4 Å². The zero-order valence-electron chi connectivity index (χ0n) is 19.1. The van der Waals surface area contributed by atoms with Crippen LogP contribution in [0, 0.1) is 13.8 Å². The Morgan fingerprint density at radius 2 is 2.09 bits per heavy atom. The van der Waals surface area contributed by atoms with Crippen molar-refractivity contribution in [3.63, 3.8) is 0 Å². The molecule has 5 rings (SSSR count). The van der Waals surface area contributed by atoms with E-state index in [0.717, 1.165) is 64.5 Å². The van der Waals surface area contributed by atoms with Crippen LogP contribution in [0.15, 0.2) is 36.7 Å². The minimum absolute atomic E-state index is 0.237. The molecule has 1 saturated heterocycles. The molecule has 0 bridgehead atoms. The van der Waals surface area contributed by atoms with Gasteiger partial charge in [-0.05, 0) is 51.4 Å². The Labute approximate surface area is 197 Å². The average molecular weight is 466 g/mol. The smallest absolute Gasteiger partial charge is 0.229 e. The molecule has 0 unspecified atom stereocenters. The lowest BCUT2D eigenvalue weighted by atomic mass is 10.1. The van der Waals surface area contributed by atoms with Gasteiger partial charge in [0.1, 0.15) is 0 Å². The van der Waals surface area contributed by atoms with E-state index in [1.54, 1.807) is 10.9 Å². The number of aromatic nitrogens is 5. The Kier molecular flexibility index (Phi) is 5.82. The second-order valence-electron chi connectivity index (χ2n) is 8.77. The van der Waals surface area contributed by atoms with Crippen LogP contribution in [-0.2, 0) is 13.6 Å². The number of halogens is 1. The lowest BCUT2D eigenvalue weighted by molar-refractivity contribution is 0.0667. The Bertz CT molecular complexity index is 1310. The van der Waals surface area contributed by atoms with Crippen molar-refractivity contribution in [1.82, 2.24) is 29.2 Å². The van der Waals surface area contributed by atoms with Gasteiger partial charge in [-0.3, -0.25) is 4.90 Å². The number of nitrogens with one attached hydrogen (secondary N) is 1. The first kappa shape index (κ1) is 21.9. The normalized spacial score (nSPS) is 17.1. The van der Waals surface area contributed by atoms with Gasteiger partial charge in [-0.1, -0.05) is 11.6 Å². The molecule has 0 spiro atoms. The van der Waals surface area contributed by atoms with Crippen molar-refractivity contribution in [2.45, 2.75) is 39.3 Å². The maximum atomic E-state index is 9.96. The fourth-order valence-electron chi connectivity index (χ4n) is 4.45. The minimum atomic E-state index is -0.237. The van der Waals surface area contributed by atoms with Gasteiger partial charge < -0.3 is 15.0 Å². The van der Waals surface area contributed by atoms with E-state index < -0.39 is 0 Å². The summed E-state index contributed by atoms with van der Waals surface area (Å²) in [6.07, 6.45) is 5.41. The average Bonchev–Trinajstić information content (AvgIpc) is 3.27. The SMILES string of the molecule is Cc1nn(-c2ccnc(Nc3ccc4c(c3)c(Cl)c(C)n4C)n2)cc1CN1CCC[C@@H](O)C1. The van der Waals surface area contributed by atoms with Crippen molar-refractivity contribution < 1.29 is 5.11 Å². The third-order valence-electron chi connectivity index (χ3n) is 6.42. The van der Waals surface area contributed by atoms with Crippen LogP contribution in [0.5, 0.6) is 0 Å². The molecule has 1 aliphatic rings. The van der Waals surface area contributed by atoms with E-state index in [9.17, 15) is 5.11 Å². The summed E-state index contributed by atoms with van der Waals surface area (Å²) in [4.78, 5) is 11.3. The standard InChI is InChI=1S/C24H28ClN7O/c1-15-17(12-31-10-4-5-19(33)14-31)13-32(29-15)22-8-9-26-24(28-22)27-18-6-7-21-20(11-18)23(25)16(2)30(21)3/h6-9,11,13,19,33H,4-5,10,12,14H2,1-3H3,(H,26,27,28)/t19-/m1/s1. The fourth-order valence-corrected chi connectivity index (χ4v) is 4.73. The first-order valence-electron chi connectivity index (χ1n) is 11.2. The highest BCUT2D eigenvalue weighted by molar-refractivity contribution is 6.36. The van der Waals surface area contributed by atoms with E-state index in [2.05, 4.69) is 29.9 Å². The van der Waals surface area contributed by atoms with Crippen LogP contribution in [0.25, 0.3) is 16.7 Å². The summed E-state index contributed by atoms with van der Waals surface area (Å²) in [5.74, 6) is 1.18. The molecule has 0 saturated carbocycles. The van der Waals surface area contributed by atoms with Crippen LogP contribution >= 0.6 is 11.6 Å². The summed E-state index contributed by atoms with van der Waals surface area (Å²) in [5.41, 5.74) is 5.08. The van der Waals surface area contributed by atoms with Gasteiger partial charge in [-0.2, -0.15) is 10.1 Å². The third-order valence-corrected chi connectivity index (χ3v) is 6.90. The zero-order chi connectivity index (χ0) is 23.1. The molecule has 1 aromatic carbocycles. The predicted molar refractivity (Wildman–Crippen MR) is 130 cm³/mol. The molecule has 1 atom stereocenters. The lowest BCUT2D eigenvalue weighted by Crippen LogP contribution is -2.37. The maximum absolute atomic E-state index is 9.96. The first-order chi connectivity index (χ1) is 15.9. The first-order valence-corrected chi connectivity index (χ1v) is 11.6. The number of aliphatic hydroxyl groups excluding tert-OH is 1. The van der Waals surface area contributed by atoms with Crippen LogP contribution in [0.2, 0.25) is 5.02 Å². The largest absolute Gasteiger partial charge is 0.392 e. The number of aliphatic hydroxyl groups is 1. The zero-order valence-corrected chi connectivity index (χ0v) is 19.8. The highest BCUT2D eigenvalue weighted by Gasteiger charge is 2.19. The molecule has 33 heavy (non-hydrogen) atoms. The van der Waals surface area contributed by atoms with Crippen molar-refractivity contribution in [3.05, 3.63) is 58.6 Å². The topological polar surface area (TPSA) is 84.0 Å². The summed E-state index contributed by atoms with van der Waals surface area (Å²) in [5, 5.41) is 19.7. The third kappa shape index (κ3) is 4.34. The molecule has 4 aromatic rings. The van der Waals surface area contributed by atoms with Gasteiger partial charge in [0.05, 0.1) is 16.8 Å². The molecule has 2 N–H and O–H groups in total. The number of fused-ring (bicyclic) bond motifs is 1. The molecule has 0 radical (unpaired) electrons. The van der Waals surface area contributed by atoms with Gasteiger partial charge in [0.25, 0.3) is 0 Å². The van der Waals surface area contributed by atoms with Gasteiger partial charge in [-0.15, -0.1) is 0 Å². The number of likely N-dealkylation sites (tertiary alicyclic amines) is 1. The summed E-state index contributed by atoms with van der Waals surface area (Å²) in [6, 6.07) is 7.90. The van der Waals surface area contributed by atoms with E-state index in [1.165, 1.54) is 0 Å². The molecule has 8 nitrogen and oxygen atoms in total. The fraction of sp³-hybridized carbons (Fsp3) is 0.375. The Balaban J connectivity index is 1.36. The van der Waals surface area contributed by atoms with E-state index in [4.69, 9.17) is 11.6 Å². The number of rotatable bonds is 5. The van der Waals surface area contributed by atoms with Crippen LogP contribution < -0.4 is 5.32 Å².